The maximum atomic E-state index is 12.8. The molecule has 0 saturated carbocycles. The normalized spacial score (nSPS) is 16.2. The van der Waals surface area contributed by atoms with Crippen molar-refractivity contribution in [1.29, 1.82) is 0 Å². The number of methoxy groups -OCH3 is 1. The Morgan fingerprint density at radius 1 is 0.962 bits per heavy atom. The van der Waals surface area contributed by atoms with Gasteiger partial charge in [0.25, 0.3) is 0 Å². The number of carbonyl (C=O) groups is 1. The van der Waals surface area contributed by atoms with Crippen molar-refractivity contribution in [2.24, 2.45) is 5.92 Å². The standard InChI is InChI=1S/C19H21NO5S/c1-24-19(21)15-11-13-20(14-12-15)26(22,23)18-9-7-17(8-10-18)25-16-5-3-2-4-6-16/h2-10,15H,11-14H2,1H3. The molecule has 0 aliphatic carbocycles. The van der Waals surface area contributed by atoms with Crippen LogP contribution < -0.4 is 4.74 Å². The molecule has 6 nitrogen and oxygen atoms in total. The van der Waals surface area contributed by atoms with Crippen molar-refractivity contribution in [3.8, 4) is 11.5 Å². The van der Waals surface area contributed by atoms with Gasteiger partial charge in [-0.15, -0.1) is 0 Å². The molecule has 0 radical (unpaired) electrons. The summed E-state index contributed by atoms with van der Waals surface area (Å²) in [4.78, 5) is 11.8. The quantitative estimate of drug-likeness (QED) is 0.751. The third-order valence-corrected chi connectivity index (χ3v) is 6.34. The highest BCUT2D eigenvalue weighted by Gasteiger charge is 2.32. The average molecular weight is 375 g/mol. The van der Waals surface area contributed by atoms with Gasteiger partial charge in [-0.05, 0) is 49.2 Å². The molecule has 1 fully saturated rings. The molecule has 1 heterocycles. The summed E-state index contributed by atoms with van der Waals surface area (Å²) in [5.41, 5.74) is 0. The van der Waals surface area contributed by atoms with Gasteiger partial charge in [-0.3, -0.25) is 4.79 Å². The smallest absolute Gasteiger partial charge is 0.308 e. The first-order valence-corrected chi connectivity index (χ1v) is 9.85. The van der Waals surface area contributed by atoms with Crippen molar-refractivity contribution >= 4 is 16.0 Å². The first-order chi connectivity index (χ1) is 12.5. The fourth-order valence-electron chi connectivity index (χ4n) is 2.95. The summed E-state index contributed by atoms with van der Waals surface area (Å²) in [5, 5.41) is 0. The fraction of sp³-hybridized carbons (Fsp3) is 0.316. The topological polar surface area (TPSA) is 72.9 Å². The Morgan fingerprint density at radius 2 is 1.54 bits per heavy atom. The Morgan fingerprint density at radius 3 is 2.12 bits per heavy atom. The van der Waals surface area contributed by atoms with E-state index in [1.165, 1.54) is 11.4 Å². The zero-order valence-corrected chi connectivity index (χ0v) is 15.3. The van der Waals surface area contributed by atoms with E-state index in [1.54, 1.807) is 24.3 Å². The number of benzene rings is 2. The van der Waals surface area contributed by atoms with Gasteiger partial charge in [0.05, 0.1) is 17.9 Å². The van der Waals surface area contributed by atoms with Crippen LogP contribution in [-0.4, -0.2) is 38.9 Å². The Bertz CT molecular complexity index is 841. The van der Waals surface area contributed by atoms with Crippen LogP contribution >= 0.6 is 0 Å². The molecular formula is C19H21NO5S. The van der Waals surface area contributed by atoms with Gasteiger partial charge in [0.2, 0.25) is 10.0 Å². The molecule has 26 heavy (non-hydrogen) atoms. The van der Waals surface area contributed by atoms with Crippen LogP contribution in [0.15, 0.2) is 59.5 Å². The highest BCUT2D eigenvalue weighted by atomic mass is 32.2. The molecule has 0 bridgehead atoms. The second-order valence-electron chi connectivity index (χ2n) is 6.09. The van der Waals surface area contributed by atoms with E-state index in [1.807, 2.05) is 30.3 Å². The number of nitrogens with zero attached hydrogens (tertiary/aromatic N) is 1. The summed E-state index contributed by atoms with van der Waals surface area (Å²) >= 11 is 0. The molecule has 138 valence electrons. The molecule has 0 aromatic heterocycles. The second kappa shape index (κ2) is 7.88. The van der Waals surface area contributed by atoms with Crippen LogP contribution in [0.4, 0.5) is 0 Å². The van der Waals surface area contributed by atoms with Gasteiger partial charge >= 0.3 is 5.97 Å². The summed E-state index contributed by atoms with van der Waals surface area (Å²) in [5.74, 6) is 0.755. The molecule has 2 aromatic carbocycles. The second-order valence-corrected chi connectivity index (χ2v) is 8.03. The van der Waals surface area contributed by atoms with Gasteiger partial charge < -0.3 is 9.47 Å². The van der Waals surface area contributed by atoms with E-state index < -0.39 is 10.0 Å². The number of ether oxygens (including phenoxy) is 2. The van der Waals surface area contributed by atoms with Crippen LogP contribution in [0, 0.1) is 5.92 Å². The van der Waals surface area contributed by atoms with Gasteiger partial charge in [-0.2, -0.15) is 4.31 Å². The molecule has 7 heteroatoms. The third kappa shape index (κ3) is 4.05. The lowest BCUT2D eigenvalue weighted by Gasteiger charge is -2.29. The first kappa shape index (κ1) is 18.4. The monoisotopic (exact) mass is 375 g/mol. The highest BCUT2D eigenvalue weighted by Crippen LogP contribution is 2.27. The summed E-state index contributed by atoms with van der Waals surface area (Å²) in [7, 11) is -2.23. The molecule has 0 spiro atoms. The molecule has 0 N–H and O–H groups in total. The lowest BCUT2D eigenvalue weighted by molar-refractivity contribution is -0.146. The van der Waals surface area contributed by atoms with E-state index in [9.17, 15) is 13.2 Å². The van der Waals surface area contributed by atoms with Crippen LogP contribution in [-0.2, 0) is 19.6 Å². The van der Waals surface area contributed by atoms with Crippen molar-refractivity contribution in [1.82, 2.24) is 4.31 Å². The van der Waals surface area contributed by atoms with Crippen molar-refractivity contribution in [2.45, 2.75) is 17.7 Å². The maximum absolute atomic E-state index is 12.8. The molecule has 0 unspecified atom stereocenters. The predicted octanol–water partition coefficient (Wildman–Crippen LogP) is 3.05. The number of piperidine rings is 1. The molecule has 0 atom stereocenters. The van der Waals surface area contributed by atoms with E-state index >= 15 is 0 Å². The largest absolute Gasteiger partial charge is 0.469 e. The fourth-order valence-corrected chi connectivity index (χ4v) is 4.42. The van der Waals surface area contributed by atoms with E-state index in [0.29, 0.717) is 37.4 Å². The van der Waals surface area contributed by atoms with Crippen molar-refractivity contribution in [3.05, 3.63) is 54.6 Å². The molecule has 1 saturated heterocycles. The first-order valence-electron chi connectivity index (χ1n) is 8.41. The highest BCUT2D eigenvalue weighted by molar-refractivity contribution is 7.89. The number of esters is 1. The van der Waals surface area contributed by atoms with Crippen LogP contribution in [0.1, 0.15) is 12.8 Å². The Kier molecular flexibility index (Phi) is 5.58. The van der Waals surface area contributed by atoms with Crippen molar-refractivity contribution in [2.75, 3.05) is 20.2 Å². The van der Waals surface area contributed by atoms with Crippen molar-refractivity contribution in [3.63, 3.8) is 0 Å². The minimum absolute atomic E-state index is 0.217. The SMILES string of the molecule is COC(=O)C1CCN(S(=O)(=O)c2ccc(Oc3ccccc3)cc2)CC1. The van der Waals surface area contributed by atoms with Crippen LogP contribution in [0.25, 0.3) is 0 Å². The number of rotatable bonds is 5. The van der Waals surface area contributed by atoms with Gasteiger partial charge in [0.1, 0.15) is 11.5 Å². The van der Waals surface area contributed by atoms with Crippen LogP contribution in [0.2, 0.25) is 0 Å². The molecule has 2 aromatic rings. The molecule has 1 aliphatic heterocycles. The lowest BCUT2D eigenvalue weighted by atomic mass is 9.99. The Labute approximate surface area is 153 Å². The lowest BCUT2D eigenvalue weighted by Crippen LogP contribution is -2.40. The maximum Gasteiger partial charge on any atom is 0.308 e. The number of carbonyl (C=O) groups excluding carboxylic acids is 1. The molecule has 3 rings (SSSR count). The minimum atomic E-state index is -3.58. The summed E-state index contributed by atoms with van der Waals surface area (Å²) in [6.45, 7) is 0.620. The van der Waals surface area contributed by atoms with Gasteiger partial charge in [0, 0.05) is 13.1 Å². The average Bonchev–Trinajstić information content (AvgIpc) is 2.68. The van der Waals surface area contributed by atoms with Gasteiger partial charge in [-0.1, -0.05) is 18.2 Å². The minimum Gasteiger partial charge on any atom is -0.469 e. The molecule has 0 amide bonds. The number of sulfonamides is 1. The number of hydrogen-bond acceptors (Lipinski definition) is 5. The third-order valence-electron chi connectivity index (χ3n) is 4.43. The number of para-hydroxylation sites is 1. The van der Waals surface area contributed by atoms with E-state index in [-0.39, 0.29) is 16.8 Å². The molecular weight excluding hydrogens is 354 g/mol. The Balaban J connectivity index is 1.67. The van der Waals surface area contributed by atoms with Crippen LogP contribution in [0.5, 0.6) is 11.5 Å². The predicted molar refractivity (Wildman–Crippen MR) is 96.5 cm³/mol. The molecule has 1 aliphatic rings. The van der Waals surface area contributed by atoms with E-state index in [4.69, 9.17) is 9.47 Å². The van der Waals surface area contributed by atoms with Crippen molar-refractivity contribution < 1.29 is 22.7 Å². The summed E-state index contributed by atoms with van der Waals surface area (Å²) < 4.78 is 37.4. The number of hydrogen-bond donors (Lipinski definition) is 0. The Hall–Kier alpha value is -2.38. The zero-order chi connectivity index (χ0) is 18.6. The van der Waals surface area contributed by atoms with E-state index in [0.717, 1.165) is 0 Å². The van der Waals surface area contributed by atoms with E-state index in [2.05, 4.69) is 0 Å². The summed E-state index contributed by atoms with van der Waals surface area (Å²) in [6.07, 6.45) is 0.947. The summed E-state index contributed by atoms with van der Waals surface area (Å²) in [6, 6.07) is 15.7. The van der Waals surface area contributed by atoms with Gasteiger partial charge in [-0.25, -0.2) is 8.42 Å². The van der Waals surface area contributed by atoms with Crippen LogP contribution in [0.3, 0.4) is 0 Å². The van der Waals surface area contributed by atoms with Gasteiger partial charge in [0.15, 0.2) is 0 Å². The zero-order valence-electron chi connectivity index (χ0n) is 14.5.